The van der Waals surface area contributed by atoms with Crippen LogP contribution in [0.15, 0.2) is 16.6 Å². The first kappa shape index (κ1) is 16.5. The summed E-state index contributed by atoms with van der Waals surface area (Å²) in [5.74, 6) is 1.56. The van der Waals surface area contributed by atoms with E-state index in [-0.39, 0.29) is 12.1 Å². The summed E-state index contributed by atoms with van der Waals surface area (Å²) in [5, 5.41) is 3.46. The van der Waals surface area contributed by atoms with Crippen LogP contribution < -0.4 is 14.8 Å². The molecule has 0 amide bonds. The van der Waals surface area contributed by atoms with E-state index >= 15 is 0 Å². The standard InChI is InChI=1S/C15H22BrNO4/c1-4-17-15(14-9-20-5-6-21-14)10-7-13(19-3)11(16)8-12(10)18-2/h7-8,14-15,17H,4-6,9H2,1-3H3. The number of ether oxygens (including phenoxy) is 4. The van der Waals surface area contributed by atoms with Gasteiger partial charge in [0.2, 0.25) is 0 Å². The molecule has 1 N–H and O–H groups in total. The molecule has 1 aromatic rings. The van der Waals surface area contributed by atoms with E-state index in [1.54, 1.807) is 14.2 Å². The van der Waals surface area contributed by atoms with Gasteiger partial charge < -0.3 is 24.3 Å². The molecule has 0 aliphatic carbocycles. The maximum atomic E-state index is 5.85. The number of halogens is 1. The lowest BCUT2D eigenvalue weighted by Crippen LogP contribution is -2.40. The van der Waals surface area contributed by atoms with E-state index in [1.165, 1.54) is 0 Å². The van der Waals surface area contributed by atoms with Crippen LogP contribution in [-0.4, -0.2) is 46.7 Å². The first-order valence-corrected chi connectivity index (χ1v) is 7.84. The first-order chi connectivity index (χ1) is 10.2. The third kappa shape index (κ3) is 3.88. The monoisotopic (exact) mass is 359 g/mol. The Hall–Kier alpha value is -0.820. The topological polar surface area (TPSA) is 49.0 Å². The quantitative estimate of drug-likeness (QED) is 0.845. The highest BCUT2D eigenvalue weighted by atomic mass is 79.9. The maximum absolute atomic E-state index is 5.85. The van der Waals surface area contributed by atoms with E-state index in [0.29, 0.717) is 19.8 Å². The van der Waals surface area contributed by atoms with Gasteiger partial charge in [0.1, 0.15) is 17.6 Å². The summed E-state index contributed by atoms with van der Waals surface area (Å²) in [6.45, 7) is 4.73. The van der Waals surface area contributed by atoms with Gasteiger partial charge in [0.05, 0.1) is 44.6 Å². The average molecular weight is 360 g/mol. The van der Waals surface area contributed by atoms with E-state index in [1.807, 2.05) is 12.1 Å². The van der Waals surface area contributed by atoms with Crippen molar-refractivity contribution >= 4 is 15.9 Å². The molecule has 1 aliphatic rings. The Morgan fingerprint density at radius 1 is 1.29 bits per heavy atom. The van der Waals surface area contributed by atoms with Crippen LogP contribution in [0.4, 0.5) is 0 Å². The summed E-state index contributed by atoms with van der Waals surface area (Å²) in [6.07, 6.45) is -0.0431. The second-order valence-electron chi connectivity index (χ2n) is 4.75. The Balaban J connectivity index is 2.37. The number of likely N-dealkylation sites (N-methyl/N-ethyl adjacent to an activating group) is 1. The minimum Gasteiger partial charge on any atom is -0.496 e. The summed E-state index contributed by atoms with van der Waals surface area (Å²) >= 11 is 3.49. The Bertz CT molecular complexity index is 463. The highest BCUT2D eigenvalue weighted by molar-refractivity contribution is 9.10. The highest BCUT2D eigenvalue weighted by Gasteiger charge is 2.29. The van der Waals surface area contributed by atoms with Crippen LogP contribution in [0.25, 0.3) is 0 Å². The highest BCUT2D eigenvalue weighted by Crippen LogP contribution is 2.37. The normalized spacial score (nSPS) is 20.1. The van der Waals surface area contributed by atoms with E-state index in [2.05, 4.69) is 28.2 Å². The van der Waals surface area contributed by atoms with Crippen LogP contribution >= 0.6 is 15.9 Å². The number of hydrogen-bond acceptors (Lipinski definition) is 5. The first-order valence-electron chi connectivity index (χ1n) is 7.05. The molecule has 2 unspecified atom stereocenters. The minimum atomic E-state index is -0.0431. The minimum absolute atomic E-state index is 0.00718. The predicted molar refractivity (Wildman–Crippen MR) is 84.2 cm³/mol. The molecule has 6 heteroatoms. The van der Waals surface area contributed by atoms with Crippen LogP contribution in [0.1, 0.15) is 18.5 Å². The molecule has 0 radical (unpaired) electrons. The molecule has 1 aromatic carbocycles. The fraction of sp³-hybridized carbons (Fsp3) is 0.600. The van der Waals surface area contributed by atoms with Crippen molar-refractivity contribution < 1.29 is 18.9 Å². The zero-order chi connectivity index (χ0) is 15.2. The molecule has 1 fully saturated rings. The van der Waals surface area contributed by atoms with Gasteiger partial charge in [0.15, 0.2) is 0 Å². The Kier molecular flexibility index (Phi) is 6.29. The van der Waals surface area contributed by atoms with E-state index in [9.17, 15) is 0 Å². The summed E-state index contributed by atoms with van der Waals surface area (Å²) in [5.41, 5.74) is 1.01. The van der Waals surface area contributed by atoms with Gasteiger partial charge in [0, 0.05) is 5.56 Å². The molecule has 1 saturated heterocycles. The van der Waals surface area contributed by atoms with Crippen LogP contribution in [-0.2, 0) is 9.47 Å². The summed E-state index contributed by atoms with van der Waals surface area (Å²) < 4.78 is 23.2. The fourth-order valence-electron chi connectivity index (χ4n) is 2.49. The molecule has 118 valence electrons. The Labute approximate surface area is 134 Å². The zero-order valence-corrected chi connectivity index (χ0v) is 14.2. The van der Waals surface area contributed by atoms with Gasteiger partial charge in [-0.2, -0.15) is 0 Å². The van der Waals surface area contributed by atoms with Crippen molar-refractivity contribution in [1.82, 2.24) is 5.32 Å². The summed E-state index contributed by atoms with van der Waals surface area (Å²) in [6, 6.07) is 3.89. The molecule has 0 aromatic heterocycles. The van der Waals surface area contributed by atoms with Crippen molar-refractivity contribution in [2.24, 2.45) is 0 Å². The lowest BCUT2D eigenvalue weighted by Gasteiger charge is -2.32. The lowest BCUT2D eigenvalue weighted by atomic mass is 9.99. The zero-order valence-electron chi connectivity index (χ0n) is 12.6. The Morgan fingerprint density at radius 2 is 2.05 bits per heavy atom. The Morgan fingerprint density at radius 3 is 2.62 bits per heavy atom. The van der Waals surface area contributed by atoms with Gasteiger partial charge in [0.25, 0.3) is 0 Å². The maximum Gasteiger partial charge on any atom is 0.133 e. The summed E-state index contributed by atoms with van der Waals surface area (Å²) in [4.78, 5) is 0. The molecule has 1 heterocycles. The summed E-state index contributed by atoms with van der Waals surface area (Å²) in [7, 11) is 3.32. The second kappa shape index (κ2) is 7.98. The van der Waals surface area contributed by atoms with Crippen molar-refractivity contribution in [2.45, 2.75) is 19.1 Å². The number of nitrogens with one attached hydrogen (secondary N) is 1. The van der Waals surface area contributed by atoms with Crippen molar-refractivity contribution in [3.63, 3.8) is 0 Å². The van der Waals surface area contributed by atoms with Crippen molar-refractivity contribution in [3.8, 4) is 11.5 Å². The van der Waals surface area contributed by atoms with Crippen LogP contribution in [0.3, 0.4) is 0 Å². The number of rotatable bonds is 6. The molecule has 5 nitrogen and oxygen atoms in total. The third-order valence-corrected chi connectivity index (χ3v) is 4.10. The van der Waals surface area contributed by atoms with E-state index in [4.69, 9.17) is 18.9 Å². The molecular weight excluding hydrogens is 338 g/mol. The average Bonchev–Trinajstić information content (AvgIpc) is 2.53. The molecule has 21 heavy (non-hydrogen) atoms. The number of methoxy groups -OCH3 is 2. The molecular formula is C15H22BrNO4. The van der Waals surface area contributed by atoms with Crippen molar-refractivity contribution in [2.75, 3.05) is 40.6 Å². The number of benzene rings is 1. The molecule has 2 atom stereocenters. The molecule has 1 aliphatic heterocycles. The third-order valence-electron chi connectivity index (χ3n) is 3.48. The molecule has 0 spiro atoms. The van der Waals surface area contributed by atoms with Gasteiger partial charge in [-0.1, -0.05) is 6.92 Å². The van der Waals surface area contributed by atoms with Crippen molar-refractivity contribution in [3.05, 3.63) is 22.2 Å². The second-order valence-corrected chi connectivity index (χ2v) is 5.60. The molecule has 2 rings (SSSR count). The molecule has 0 bridgehead atoms. The van der Waals surface area contributed by atoms with Crippen LogP contribution in [0, 0.1) is 0 Å². The van der Waals surface area contributed by atoms with Gasteiger partial charge in [-0.25, -0.2) is 0 Å². The SMILES string of the molecule is CCNC(c1cc(OC)c(Br)cc1OC)C1COCCO1. The lowest BCUT2D eigenvalue weighted by molar-refractivity contribution is -0.102. The van der Waals surface area contributed by atoms with Crippen LogP contribution in [0.2, 0.25) is 0 Å². The predicted octanol–water partition coefficient (Wildman–Crippen LogP) is 2.53. The van der Waals surface area contributed by atoms with E-state index in [0.717, 1.165) is 28.1 Å². The van der Waals surface area contributed by atoms with Crippen LogP contribution in [0.5, 0.6) is 11.5 Å². The van der Waals surface area contributed by atoms with Gasteiger partial charge >= 0.3 is 0 Å². The molecule has 0 saturated carbocycles. The van der Waals surface area contributed by atoms with Crippen molar-refractivity contribution in [1.29, 1.82) is 0 Å². The van der Waals surface area contributed by atoms with Gasteiger partial charge in [-0.15, -0.1) is 0 Å². The smallest absolute Gasteiger partial charge is 0.133 e. The van der Waals surface area contributed by atoms with Gasteiger partial charge in [-0.3, -0.25) is 0 Å². The van der Waals surface area contributed by atoms with Gasteiger partial charge in [-0.05, 0) is 34.6 Å². The fourth-order valence-corrected chi connectivity index (χ4v) is 2.97. The largest absolute Gasteiger partial charge is 0.496 e. The van der Waals surface area contributed by atoms with E-state index < -0.39 is 0 Å². The number of hydrogen-bond donors (Lipinski definition) is 1.